The van der Waals surface area contributed by atoms with Gasteiger partial charge in [-0.3, -0.25) is 4.98 Å². The van der Waals surface area contributed by atoms with Crippen molar-refractivity contribution in [2.75, 3.05) is 31.1 Å². The summed E-state index contributed by atoms with van der Waals surface area (Å²) in [7, 11) is 0. The number of benzene rings is 2. The highest BCUT2D eigenvalue weighted by Crippen LogP contribution is 2.43. The molecule has 1 unspecified atom stereocenters. The number of aromatic amines is 1. The summed E-state index contributed by atoms with van der Waals surface area (Å²) < 4.78 is 48.3. The van der Waals surface area contributed by atoms with E-state index in [0.717, 1.165) is 37.4 Å². The van der Waals surface area contributed by atoms with E-state index in [4.69, 9.17) is 0 Å². The summed E-state index contributed by atoms with van der Waals surface area (Å²) in [5.74, 6) is 0.132. The molecule has 2 aromatic carbocycles. The molecular formula is C19H18F2N4O3S. The van der Waals surface area contributed by atoms with Crippen LogP contribution in [0.15, 0.2) is 41.6 Å². The molecule has 29 heavy (non-hydrogen) atoms. The first kappa shape index (κ1) is 18.5. The molecule has 3 aromatic rings. The summed E-state index contributed by atoms with van der Waals surface area (Å²) in [5, 5.41) is 3.61. The number of fused-ring (bicyclic) bond motifs is 2. The average Bonchev–Trinajstić information content (AvgIpc) is 3.25. The minimum absolute atomic E-state index is 0.0764. The van der Waals surface area contributed by atoms with Crippen molar-refractivity contribution in [2.24, 2.45) is 0 Å². The number of halogens is 2. The van der Waals surface area contributed by atoms with Gasteiger partial charge >= 0.3 is 11.5 Å². The average molecular weight is 420 g/mol. The summed E-state index contributed by atoms with van der Waals surface area (Å²) in [6.07, 6.45) is -3.68. The Kier molecular flexibility index (Phi) is 4.49. The van der Waals surface area contributed by atoms with E-state index in [1.165, 1.54) is 12.1 Å². The smallest absolute Gasteiger partial charge is 0.586 e. The number of anilines is 1. The van der Waals surface area contributed by atoms with Crippen LogP contribution in [-0.4, -0.2) is 47.0 Å². The molecule has 0 spiro atoms. The maximum absolute atomic E-state index is 13.2. The number of rotatable bonds is 4. The van der Waals surface area contributed by atoms with E-state index >= 15 is 0 Å². The standard InChI is InChI=1S/C19H18F2N4O3S/c20-19(21)27-16-9-13-14(10-17(16)28-19)24-18(23-13)29(26)11-12-3-1-2-4-15(12)25-7-5-22-6-8-25/h1-4,9-10,22H,5-8,11H2,(H,23,24). The topological polar surface area (TPSA) is 85.5 Å². The van der Waals surface area contributed by atoms with Crippen LogP contribution in [-0.2, 0) is 16.9 Å². The van der Waals surface area contributed by atoms with Crippen molar-refractivity contribution >= 4 is 27.9 Å². The van der Waals surface area contributed by atoms with Gasteiger partial charge in [-0.2, -0.15) is 4.98 Å². The van der Waals surface area contributed by atoms with E-state index in [1.54, 1.807) is 0 Å². The van der Waals surface area contributed by atoms with Gasteiger partial charge in [-0.25, -0.2) is 0 Å². The Bertz CT molecular complexity index is 1010. The highest BCUT2D eigenvalue weighted by Gasteiger charge is 2.43. The first-order chi connectivity index (χ1) is 14.0. The van der Waals surface area contributed by atoms with Crippen LogP contribution in [0.1, 0.15) is 5.56 Å². The lowest BCUT2D eigenvalue weighted by molar-refractivity contribution is -0.286. The fourth-order valence-electron chi connectivity index (χ4n) is 3.60. The molecule has 10 heteroatoms. The molecule has 1 aromatic heterocycles. The van der Waals surface area contributed by atoms with Crippen molar-refractivity contribution < 1.29 is 22.8 Å². The number of alkyl halides is 2. The molecule has 2 aliphatic heterocycles. The van der Waals surface area contributed by atoms with Crippen LogP contribution in [0.5, 0.6) is 11.5 Å². The second kappa shape index (κ2) is 7.05. The fourth-order valence-corrected chi connectivity index (χ4v) is 4.68. The number of H-pyrrole nitrogens is 1. The molecule has 5 rings (SSSR count). The Morgan fingerprint density at radius 1 is 1.14 bits per heavy atom. The SMILES string of the molecule is [O-][S+](Cc1ccccc1N1CCNCC1)c1nc2cc3c(cc2[nH]1)OC(F)(F)O3. The van der Waals surface area contributed by atoms with E-state index in [0.29, 0.717) is 16.8 Å². The van der Waals surface area contributed by atoms with Gasteiger partial charge in [-0.1, -0.05) is 18.2 Å². The zero-order valence-corrected chi connectivity index (χ0v) is 16.1. The number of hydrogen-bond donors (Lipinski definition) is 2. The Morgan fingerprint density at radius 2 is 1.86 bits per heavy atom. The van der Waals surface area contributed by atoms with E-state index < -0.39 is 17.5 Å². The Hall–Kier alpha value is -2.56. The van der Waals surface area contributed by atoms with Crippen molar-refractivity contribution in [3.63, 3.8) is 0 Å². The second-order valence-electron chi connectivity index (χ2n) is 6.88. The highest BCUT2D eigenvalue weighted by molar-refractivity contribution is 7.90. The summed E-state index contributed by atoms with van der Waals surface area (Å²) in [5.41, 5.74) is 2.90. The molecular weight excluding hydrogens is 402 g/mol. The lowest BCUT2D eigenvalue weighted by Gasteiger charge is -2.31. The number of nitrogens with zero attached hydrogens (tertiary/aromatic N) is 2. The number of piperazine rings is 1. The van der Waals surface area contributed by atoms with Gasteiger partial charge in [-0.05, 0) is 6.07 Å². The number of aromatic nitrogens is 2. The molecule has 7 nitrogen and oxygen atoms in total. The van der Waals surface area contributed by atoms with Crippen molar-refractivity contribution in [1.29, 1.82) is 0 Å². The maximum atomic E-state index is 13.2. The predicted molar refractivity (Wildman–Crippen MR) is 104 cm³/mol. The van der Waals surface area contributed by atoms with E-state index in [9.17, 15) is 13.3 Å². The number of imidazole rings is 1. The zero-order chi connectivity index (χ0) is 20.0. The van der Waals surface area contributed by atoms with Crippen LogP contribution < -0.4 is 19.7 Å². The predicted octanol–water partition coefficient (Wildman–Crippen LogP) is 2.60. The van der Waals surface area contributed by atoms with Gasteiger partial charge in [0, 0.05) is 60.7 Å². The minimum atomic E-state index is -3.68. The third kappa shape index (κ3) is 3.59. The summed E-state index contributed by atoms with van der Waals surface area (Å²) >= 11 is -1.43. The van der Waals surface area contributed by atoms with Crippen molar-refractivity contribution in [3.05, 3.63) is 42.0 Å². The molecule has 0 radical (unpaired) electrons. The molecule has 0 bridgehead atoms. The van der Waals surface area contributed by atoms with Crippen LogP contribution in [0, 0.1) is 0 Å². The molecule has 3 heterocycles. The second-order valence-corrected chi connectivity index (χ2v) is 8.25. The molecule has 0 aliphatic carbocycles. The Labute approximate surface area is 168 Å². The molecule has 1 fully saturated rings. The normalized spacial score (nSPS) is 18.9. The van der Waals surface area contributed by atoms with Crippen LogP contribution >= 0.6 is 0 Å². The van der Waals surface area contributed by atoms with Crippen molar-refractivity contribution in [2.45, 2.75) is 17.2 Å². The quantitative estimate of drug-likeness (QED) is 0.631. The summed E-state index contributed by atoms with van der Waals surface area (Å²) in [6.45, 7) is 3.61. The highest BCUT2D eigenvalue weighted by atomic mass is 32.2. The van der Waals surface area contributed by atoms with E-state index in [1.807, 2.05) is 24.3 Å². The van der Waals surface area contributed by atoms with Crippen molar-refractivity contribution in [1.82, 2.24) is 15.3 Å². The summed E-state index contributed by atoms with van der Waals surface area (Å²) in [4.78, 5) is 9.55. The third-order valence-corrected chi connectivity index (χ3v) is 6.13. The zero-order valence-electron chi connectivity index (χ0n) is 15.3. The van der Waals surface area contributed by atoms with Crippen molar-refractivity contribution in [3.8, 4) is 11.5 Å². The molecule has 1 saturated heterocycles. The first-order valence-corrected chi connectivity index (χ1v) is 10.5. The molecule has 0 amide bonds. The molecule has 0 saturated carbocycles. The maximum Gasteiger partial charge on any atom is 0.586 e. The monoisotopic (exact) mass is 420 g/mol. The van der Waals surface area contributed by atoms with Gasteiger partial charge in [-0.15, -0.1) is 8.78 Å². The number of nitrogens with one attached hydrogen (secondary N) is 2. The number of ether oxygens (including phenoxy) is 2. The van der Waals surface area contributed by atoms with Crippen LogP contribution in [0.25, 0.3) is 11.0 Å². The van der Waals surface area contributed by atoms with Gasteiger partial charge < -0.3 is 24.2 Å². The molecule has 152 valence electrons. The number of para-hydroxylation sites is 1. The lowest BCUT2D eigenvalue weighted by atomic mass is 10.1. The van der Waals surface area contributed by atoms with E-state index in [-0.39, 0.29) is 16.7 Å². The van der Waals surface area contributed by atoms with Crippen LogP contribution in [0.2, 0.25) is 0 Å². The molecule has 2 aliphatic rings. The Balaban J connectivity index is 1.39. The largest absolute Gasteiger partial charge is 0.609 e. The lowest BCUT2D eigenvalue weighted by Crippen LogP contribution is -2.43. The fraction of sp³-hybridized carbons (Fsp3) is 0.316. The van der Waals surface area contributed by atoms with Gasteiger partial charge in [0.2, 0.25) is 0 Å². The van der Waals surface area contributed by atoms with Crippen LogP contribution in [0.3, 0.4) is 0 Å². The molecule has 2 N–H and O–H groups in total. The first-order valence-electron chi connectivity index (χ1n) is 9.20. The minimum Gasteiger partial charge on any atom is -0.609 e. The Morgan fingerprint density at radius 3 is 2.66 bits per heavy atom. The van der Waals surface area contributed by atoms with E-state index in [2.05, 4.69) is 29.7 Å². The van der Waals surface area contributed by atoms with Gasteiger partial charge in [0.1, 0.15) is 5.75 Å². The van der Waals surface area contributed by atoms with Gasteiger partial charge in [0.15, 0.2) is 11.5 Å². The van der Waals surface area contributed by atoms with Gasteiger partial charge in [0.25, 0.3) is 0 Å². The summed E-state index contributed by atoms with van der Waals surface area (Å²) in [6, 6.07) is 10.6. The van der Waals surface area contributed by atoms with Crippen LogP contribution in [0.4, 0.5) is 14.5 Å². The number of hydrogen-bond acceptors (Lipinski definition) is 6. The third-order valence-electron chi connectivity index (χ3n) is 4.93. The molecule has 1 atom stereocenters. The van der Waals surface area contributed by atoms with Gasteiger partial charge in [0.05, 0.1) is 11.0 Å².